The van der Waals surface area contributed by atoms with E-state index in [1.807, 2.05) is 30.3 Å². The summed E-state index contributed by atoms with van der Waals surface area (Å²) in [6, 6.07) is 9.18. The topological polar surface area (TPSA) is 66.9 Å². The number of rotatable bonds is 5. The molecule has 0 aliphatic carbocycles. The van der Waals surface area contributed by atoms with Crippen molar-refractivity contribution in [1.82, 2.24) is 4.90 Å². The lowest BCUT2D eigenvalue weighted by Gasteiger charge is -2.17. The Morgan fingerprint density at radius 3 is 2.48 bits per heavy atom. The zero-order valence-corrected chi connectivity index (χ0v) is 13.5. The summed E-state index contributed by atoms with van der Waals surface area (Å²) in [5, 5.41) is 0. The van der Waals surface area contributed by atoms with Crippen LogP contribution in [0.5, 0.6) is 0 Å². The van der Waals surface area contributed by atoms with Gasteiger partial charge in [0.2, 0.25) is 5.91 Å². The lowest BCUT2D eigenvalue weighted by atomic mass is 9.97. The first-order chi connectivity index (χ1) is 10.9. The Labute approximate surface area is 135 Å². The number of methoxy groups -OCH3 is 1. The number of hydrogen-bond acceptors (Lipinski definition) is 5. The van der Waals surface area contributed by atoms with Crippen LogP contribution < -0.4 is 4.90 Å². The molecule has 0 N–H and O–H groups in total. The van der Waals surface area contributed by atoms with Gasteiger partial charge in [-0.25, -0.2) is 4.79 Å². The largest absolute Gasteiger partial charge is 0.465 e. The first-order valence-corrected chi connectivity index (χ1v) is 7.30. The van der Waals surface area contributed by atoms with Crippen LogP contribution in [0.1, 0.15) is 6.42 Å². The Kier molecular flexibility index (Phi) is 5.16. The number of nitrogens with zero attached hydrogens (tertiary/aromatic N) is 2. The molecule has 1 aromatic rings. The average molecular weight is 316 g/mol. The van der Waals surface area contributed by atoms with E-state index < -0.39 is 11.9 Å². The number of ether oxygens (including phenoxy) is 1. The van der Waals surface area contributed by atoms with Gasteiger partial charge in [0, 0.05) is 44.9 Å². The predicted octanol–water partition coefficient (Wildman–Crippen LogP) is 1.23. The molecule has 1 aromatic carbocycles. The van der Waals surface area contributed by atoms with E-state index in [0.717, 1.165) is 5.69 Å². The van der Waals surface area contributed by atoms with Gasteiger partial charge < -0.3 is 14.5 Å². The Morgan fingerprint density at radius 2 is 1.91 bits per heavy atom. The van der Waals surface area contributed by atoms with Crippen LogP contribution in [0.3, 0.4) is 0 Å². The minimum Gasteiger partial charge on any atom is -0.465 e. The second-order valence-electron chi connectivity index (χ2n) is 5.60. The van der Waals surface area contributed by atoms with Crippen LogP contribution in [0.2, 0.25) is 0 Å². The standard InChI is InChI=1S/C17H20N2O4/c1-18(2)11-14(17(22)23-3)16(21)12-9-15(20)19(10-12)13-7-5-4-6-8-13/h4-8,11-12H,9-10H2,1-3H3/b14-11+. The van der Waals surface area contributed by atoms with Crippen molar-refractivity contribution in [2.24, 2.45) is 5.92 Å². The molecule has 23 heavy (non-hydrogen) atoms. The van der Waals surface area contributed by atoms with Crippen molar-refractivity contribution in [1.29, 1.82) is 0 Å². The van der Waals surface area contributed by atoms with Crippen molar-refractivity contribution < 1.29 is 19.1 Å². The molecular formula is C17H20N2O4. The molecule has 1 amide bonds. The van der Waals surface area contributed by atoms with Crippen LogP contribution in [0.25, 0.3) is 0 Å². The molecule has 2 rings (SSSR count). The normalized spacial score (nSPS) is 18.0. The number of amides is 1. The number of anilines is 1. The molecule has 122 valence electrons. The van der Waals surface area contributed by atoms with E-state index in [1.165, 1.54) is 13.3 Å². The summed E-state index contributed by atoms with van der Waals surface area (Å²) in [5.41, 5.74) is 0.717. The minimum atomic E-state index is -0.686. The zero-order valence-electron chi connectivity index (χ0n) is 13.5. The minimum absolute atomic E-state index is 0.0368. The third-order valence-corrected chi connectivity index (χ3v) is 3.62. The number of carbonyl (C=O) groups excluding carboxylic acids is 3. The Bertz CT molecular complexity index is 637. The highest BCUT2D eigenvalue weighted by molar-refractivity contribution is 6.19. The van der Waals surface area contributed by atoms with Crippen LogP contribution in [0, 0.1) is 5.92 Å². The molecule has 1 aliphatic rings. The number of carbonyl (C=O) groups is 3. The SMILES string of the molecule is COC(=O)/C(=C/N(C)C)C(=O)C1CC(=O)N(c2ccccc2)C1. The quantitative estimate of drug-likeness (QED) is 0.354. The molecule has 0 radical (unpaired) electrons. The first-order valence-electron chi connectivity index (χ1n) is 7.30. The maximum Gasteiger partial charge on any atom is 0.342 e. The third-order valence-electron chi connectivity index (χ3n) is 3.62. The van der Waals surface area contributed by atoms with Gasteiger partial charge >= 0.3 is 5.97 Å². The summed E-state index contributed by atoms with van der Waals surface area (Å²) in [5.74, 6) is -1.72. The molecule has 1 atom stereocenters. The van der Waals surface area contributed by atoms with Crippen molar-refractivity contribution in [2.45, 2.75) is 6.42 Å². The molecule has 0 aromatic heterocycles. The van der Waals surface area contributed by atoms with E-state index in [1.54, 1.807) is 23.9 Å². The van der Waals surface area contributed by atoms with Crippen LogP contribution in [-0.4, -0.2) is 50.3 Å². The molecule has 1 heterocycles. The number of ketones is 1. The van der Waals surface area contributed by atoms with E-state index in [9.17, 15) is 14.4 Å². The van der Waals surface area contributed by atoms with Crippen molar-refractivity contribution in [3.05, 3.63) is 42.1 Å². The van der Waals surface area contributed by atoms with Gasteiger partial charge in [0.05, 0.1) is 7.11 Å². The molecule has 6 heteroatoms. The van der Waals surface area contributed by atoms with E-state index in [-0.39, 0.29) is 30.2 Å². The summed E-state index contributed by atoms with van der Waals surface area (Å²) in [7, 11) is 4.66. The number of esters is 1. The number of Topliss-reactive ketones (excluding diaryl/α,β-unsaturated/α-hetero) is 1. The third kappa shape index (κ3) is 3.77. The Hall–Kier alpha value is -2.63. The second kappa shape index (κ2) is 7.09. The summed E-state index contributed by atoms with van der Waals surface area (Å²) in [4.78, 5) is 39.9. The second-order valence-corrected chi connectivity index (χ2v) is 5.60. The fourth-order valence-corrected chi connectivity index (χ4v) is 2.55. The number of para-hydroxylation sites is 1. The van der Waals surface area contributed by atoms with E-state index in [4.69, 9.17) is 0 Å². The van der Waals surface area contributed by atoms with Crippen LogP contribution in [0.4, 0.5) is 5.69 Å². The maximum atomic E-state index is 12.6. The van der Waals surface area contributed by atoms with Crippen molar-refractivity contribution in [3.8, 4) is 0 Å². The van der Waals surface area contributed by atoms with Crippen molar-refractivity contribution in [3.63, 3.8) is 0 Å². The Morgan fingerprint density at radius 1 is 1.26 bits per heavy atom. The van der Waals surface area contributed by atoms with Gasteiger partial charge in [0.25, 0.3) is 0 Å². The molecule has 1 fully saturated rings. The molecule has 6 nitrogen and oxygen atoms in total. The van der Waals surface area contributed by atoms with Gasteiger partial charge in [-0.1, -0.05) is 18.2 Å². The maximum absolute atomic E-state index is 12.6. The highest BCUT2D eigenvalue weighted by Gasteiger charge is 2.38. The predicted molar refractivity (Wildman–Crippen MR) is 85.7 cm³/mol. The van der Waals surface area contributed by atoms with Gasteiger partial charge in [-0.05, 0) is 12.1 Å². The van der Waals surface area contributed by atoms with Gasteiger partial charge in [-0.2, -0.15) is 0 Å². The highest BCUT2D eigenvalue weighted by Crippen LogP contribution is 2.27. The lowest BCUT2D eigenvalue weighted by Crippen LogP contribution is -2.28. The highest BCUT2D eigenvalue weighted by atomic mass is 16.5. The van der Waals surface area contributed by atoms with E-state index in [2.05, 4.69) is 4.74 Å². The fourth-order valence-electron chi connectivity index (χ4n) is 2.55. The van der Waals surface area contributed by atoms with Crippen molar-refractivity contribution >= 4 is 23.3 Å². The molecule has 1 aliphatic heterocycles. The van der Waals surface area contributed by atoms with E-state index in [0.29, 0.717) is 0 Å². The number of hydrogen-bond donors (Lipinski definition) is 0. The van der Waals surface area contributed by atoms with Crippen molar-refractivity contribution in [2.75, 3.05) is 32.6 Å². The van der Waals surface area contributed by atoms with Gasteiger partial charge in [-0.15, -0.1) is 0 Å². The van der Waals surface area contributed by atoms with Gasteiger partial charge in [0.1, 0.15) is 5.57 Å². The molecular weight excluding hydrogens is 296 g/mol. The fraction of sp³-hybridized carbons (Fsp3) is 0.353. The monoisotopic (exact) mass is 316 g/mol. The van der Waals surface area contributed by atoms with Gasteiger partial charge in [0.15, 0.2) is 5.78 Å². The summed E-state index contributed by atoms with van der Waals surface area (Å²) < 4.78 is 4.68. The van der Waals surface area contributed by atoms with Crippen LogP contribution >= 0.6 is 0 Å². The lowest BCUT2D eigenvalue weighted by molar-refractivity contribution is -0.138. The molecule has 1 unspecified atom stereocenters. The van der Waals surface area contributed by atoms with Gasteiger partial charge in [-0.3, -0.25) is 9.59 Å². The molecule has 0 bridgehead atoms. The van der Waals surface area contributed by atoms with Crippen LogP contribution in [0.15, 0.2) is 42.1 Å². The summed E-state index contributed by atoms with van der Waals surface area (Å²) in [6.45, 7) is 0.267. The zero-order chi connectivity index (χ0) is 17.0. The summed E-state index contributed by atoms with van der Waals surface area (Å²) >= 11 is 0. The number of benzene rings is 1. The molecule has 1 saturated heterocycles. The smallest absolute Gasteiger partial charge is 0.342 e. The van der Waals surface area contributed by atoms with E-state index >= 15 is 0 Å². The average Bonchev–Trinajstić information content (AvgIpc) is 2.93. The Balaban J connectivity index is 2.20. The first kappa shape index (κ1) is 16.7. The molecule has 0 spiro atoms. The summed E-state index contributed by atoms with van der Waals surface area (Å²) in [6.07, 6.45) is 1.53. The van der Waals surface area contributed by atoms with Crippen LogP contribution in [-0.2, 0) is 19.1 Å². The molecule has 0 saturated carbocycles.